The highest BCUT2D eigenvalue weighted by Gasteiger charge is 2.43. The molecular formula is C29H32FN7O2. The van der Waals surface area contributed by atoms with Gasteiger partial charge in [-0.25, -0.2) is 19.8 Å². The minimum absolute atomic E-state index is 0.0625. The summed E-state index contributed by atoms with van der Waals surface area (Å²) < 4.78 is 14.2. The number of imidazole rings is 1. The molecule has 6 rings (SSSR count). The quantitative estimate of drug-likeness (QED) is 0.407. The van der Waals surface area contributed by atoms with E-state index in [0.29, 0.717) is 43.1 Å². The molecule has 4 atom stereocenters. The van der Waals surface area contributed by atoms with Gasteiger partial charge in [0.2, 0.25) is 0 Å². The number of phenolic OH excluding ortho intramolecular Hbond substituents is 1. The monoisotopic (exact) mass is 529 g/mol. The normalized spacial score (nSPS) is 24.5. The molecule has 0 bridgehead atoms. The van der Waals surface area contributed by atoms with Crippen molar-refractivity contribution >= 4 is 5.91 Å². The van der Waals surface area contributed by atoms with Crippen molar-refractivity contribution in [3.63, 3.8) is 0 Å². The van der Waals surface area contributed by atoms with Gasteiger partial charge in [0, 0.05) is 43.9 Å². The predicted octanol–water partition coefficient (Wildman–Crippen LogP) is 3.43. The Balaban J connectivity index is 1.11. The number of aryl methyl sites for hydroxylation is 1. The summed E-state index contributed by atoms with van der Waals surface area (Å²) in [7, 11) is 0. The third-order valence-corrected chi connectivity index (χ3v) is 8.63. The molecule has 0 radical (unpaired) electrons. The number of nitrogens with zero attached hydrogens (tertiary/aromatic N) is 4. The van der Waals surface area contributed by atoms with Crippen molar-refractivity contribution in [2.75, 3.05) is 13.1 Å². The van der Waals surface area contributed by atoms with Crippen molar-refractivity contribution in [1.29, 1.82) is 5.26 Å². The molecule has 1 saturated heterocycles. The van der Waals surface area contributed by atoms with Crippen molar-refractivity contribution in [1.82, 2.24) is 30.7 Å². The van der Waals surface area contributed by atoms with Crippen LogP contribution in [0.1, 0.15) is 82.5 Å². The Labute approximate surface area is 226 Å². The lowest BCUT2D eigenvalue weighted by Crippen LogP contribution is -2.35. The Morgan fingerprint density at radius 2 is 2.08 bits per heavy atom. The number of aromatic hydroxyl groups is 1. The van der Waals surface area contributed by atoms with E-state index >= 15 is 0 Å². The molecular weight excluding hydrogens is 497 g/mol. The van der Waals surface area contributed by atoms with Crippen molar-refractivity contribution in [3.05, 3.63) is 75.9 Å². The minimum Gasteiger partial charge on any atom is -0.505 e. The lowest BCUT2D eigenvalue weighted by molar-refractivity contribution is 0.0762. The van der Waals surface area contributed by atoms with Crippen LogP contribution in [0.3, 0.4) is 0 Å². The SMILES string of the molecule is CCc1cc(O)c(F)cc1C1CCC2C(C1)NNC2c1nc2c([nH]1)CCN(C(=O)c1ccc(C#N)nc1)CC2. The number of amides is 1. The zero-order chi connectivity index (χ0) is 27.1. The summed E-state index contributed by atoms with van der Waals surface area (Å²) >= 11 is 0. The number of carbonyl (C=O) groups excluding carboxylic acids is 1. The maximum Gasteiger partial charge on any atom is 0.255 e. The number of nitriles is 1. The molecule has 1 amide bonds. The molecule has 1 saturated carbocycles. The molecule has 4 heterocycles. The molecule has 2 fully saturated rings. The number of fused-ring (bicyclic) bond motifs is 2. The van der Waals surface area contributed by atoms with Crippen molar-refractivity contribution in [3.8, 4) is 11.8 Å². The second-order valence-electron chi connectivity index (χ2n) is 10.8. The number of hydrazine groups is 1. The largest absolute Gasteiger partial charge is 0.505 e. The highest BCUT2D eigenvalue weighted by atomic mass is 19.1. The van der Waals surface area contributed by atoms with E-state index in [4.69, 9.17) is 10.2 Å². The van der Waals surface area contributed by atoms with Gasteiger partial charge < -0.3 is 15.0 Å². The maximum absolute atomic E-state index is 14.2. The number of benzene rings is 1. The topological polar surface area (TPSA) is 130 Å². The highest BCUT2D eigenvalue weighted by Crippen LogP contribution is 2.44. The van der Waals surface area contributed by atoms with E-state index in [9.17, 15) is 14.3 Å². The van der Waals surface area contributed by atoms with Crippen molar-refractivity contribution in [2.45, 2.75) is 63.5 Å². The summed E-state index contributed by atoms with van der Waals surface area (Å²) in [6.07, 6.45) is 6.43. The second kappa shape index (κ2) is 10.4. The van der Waals surface area contributed by atoms with E-state index in [1.165, 1.54) is 12.3 Å². The Morgan fingerprint density at radius 3 is 2.85 bits per heavy atom. The average Bonchev–Trinajstić information content (AvgIpc) is 3.52. The molecule has 9 nitrogen and oxygen atoms in total. The van der Waals surface area contributed by atoms with Gasteiger partial charge in [0.1, 0.15) is 17.6 Å². The first-order valence-corrected chi connectivity index (χ1v) is 13.7. The number of rotatable bonds is 4. The molecule has 3 aliphatic rings. The zero-order valence-corrected chi connectivity index (χ0v) is 21.9. The fraction of sp³-hybridized carbons (Fsp3) is 0.448. The van der Waals surface area contributed by atoms with Gasteiger partial charge in [-0.05, 0) is 72.9 Å². The first-order chi connectivity index (χ1) is 18.9. The number of carbonyl (C=O) groups is 1. The Morgan fingerprint density at radius 1 is 1.23 bits per heavy atom. The van der Waals surface area contributed by atoms with E-state index in [1.54, 1.807) is 18.2 Å². The van der Waals surface area contributed by atoms with Crippen LogP contribution >= 0.6 is 0 Å². The van der Waals surface area contributed by atoms with Crippen LogP contribution in [-0.4, -0.2) is 50.0 Å². The number of H-pyrrole nitrogens is 1. The third-order valence-electron chi connectivity index (χ3n) is 8.63. The van der Waals surface area contributed by atoms with Gasteiger partial charge >= 0.3 is 0 Å². The first-order valence-electron chi connectivity index (χ1n) is 13.7. The minimum atomic E-state index is -0.550. The molecule has 2 aliphatic heterocycles. The summed E-state index contributed by atoms with van der Waals surface area (Å²) in [4.78, 5) is 27.4. The molecule has 0 spiro atoms. The Kier molecular flexibility index (Phi) is 6.79. The summed E-state index contributed by atoms with van der Waals surface area (Å²) in [6, 6.07) is 8.60. The smallest absolute Gasteiger partial charge is 0.255 e. The van der Waals surface area contributed by atoms with Crippen molar-refractivity contribution < 1.29 is 14.3 Å². The molecule has 39 heavy (non-hydrogen) atoms. The van der Waals surface area contributed by atoms with Crippen LogP contribution in [0.25, 0.3) is 0 Å². The molecule has 2 aromatic heterocycles. The average molecular weight is 530 g/mol. The van der Waals surface area contributed by atoms with Crippen molar-refractivity contribution in [2.24, 2.45) is 5.92 Å². The third kappa shape index (κ3) is 4.77. The molecule has 4 unspecified atom stereocenters. The number of nitrogens with one attached hydrogen (secondary N) is 3. The van der Waals surface area contributed by atoms with E-state index < -0.39 is 5.82 Å². The Hall–Kier alpha value is -3.81. The van der Waals surface area contributed by atoms with E-state index in [1.807, 2.05) is 17.9 Å². The van der Waals surface area contributed by atoms with Crippen LogP contribution < -0.4 is 10.9 Å². The lowest BCUT2D eigenvalue weighted by Gasteiger charge is -2.33. The summed E-state index contributed by atoms with van der Waals surface area (Å²) in [5, 5.41) is 18.8. The maximum atomic E-state index is 14.2. The number of hydrogen-bond donors (Lipinski definition) is 4. The fourth-order valence-corrected chi connectivity index (χ4v) is 6.52. The fourth-order valence-electron chi connectivity index (χ4n) is 6.52. The Bertz CT molecular complexity index is 1410. The van der Waals surface area contributed by atoms with Gasteiger partial charge in [-0.15, -0.1) is 0 Å². The molecule has 3 aromatic rings. The molecule has 1 aromatic carbocycles. The van der Waals surface area contributed by atoms with Gasteiger partial charge in [0.25, 0.3) is 5.91 Å². The highest BCUT2D eigenvalue weighted by molar-refractivity contribution is 5.94. The van der Waals surface area contributed by atoms with Gasteiger partial charge in [0.15, 0.2) is 11.6 Å². The van der Waals surface area contributed by atoms with Gasteiger partial charge in [-0.2, -0.15) is 5.26 Å². The number of pyridine rings is 1. The van der Waals surface area contributed by atoms with E-state index in [0.717, 1.165) is 54.0 Å². The molecule has 202 valence electrons. The van der Waals surface area contributed by atoms with Gasteiger partial charge in [0.05, 0.1) is 17.3 Å². The van der Waals surface area contributed by atoms with Gasteiger partial charge in [-0.3, -0.25) is 10.2 Å². The number of phenols is 1. The summed E-state index contributed by atoms with van der Waals surface area (Å²) in [5.74, 6) is 0.627. The van der Waals surface area contributed by atoms with Crippen LogP contribution in [-0.2, 0) is 19.3 Å². The van der Waals surface area contributed by atoms with Crippen LogP contribution in [0.15, 0.2) is 30.5 Å². The van der Waals surface area contributed by atoms with Gasteiger partial charge in [-0.1, -0.05) is 6.92 Å². The summed E-state index contributed by atoms with van der Waals surface area (Å²) in [5.41, 5.74) is 11.8. The van der Waals surface area contributed by atoms with E-state index in [-0.39, 0.29) is 29.7 Å². The number of aromatic nitrogens is 3. The summed E-state index contributed by atoms with van der Waals surface area (Å²) in [6.45, 7) is 3.19. The van der Waals surface area contributed by atoms with E-state index in [2.05, 4.69) is 20.8 Å². The predicted molar refractivity (Wildman–Crippen MR) is 141 cm³/mol. The van der Waals surface area contributed by atoms with Crippen LogP contribution in [0, 0.1) is 23.1 Å². The van der Waals surface area contributed by atoms with Crippen LogP contribution in [0.2, 0.25) is 0 Å². The molecule has 1 aliphatic carbocycles. The van der Waals surface area contributed by atoms with Crippen LogP contribution in [0.4, 0.5) is 4.39 Å². The number of halogens is 1. The second-order valence-corrected chi connectivity index (χ2v) is 10.8. The first kappa shape index (κ1) is 25.5. The lowest BCUT2D eigenvalue weighted by atomic mass is 9.73. The standard InChI is InChI=1S/C29H32FN7O2/c1-2-16-12-26(38)22(30)13-21(16)17-4-6-20-25(11-17)35-36-27(20)28-33-23-7-9-37(10-8-24(23)34-28)29(39)18-3-5-19(14-31)32-15-18/h3,5,12-13,15,17,20,25,27,35-36,38H,2,4,6-11H2,1H3,(H,33,34). The zero-order valence-electron chi connectivity index (χ0n) is 21.9. The molecule has 4 N–H and O–H groups in total. The molecule has 10 heteroatoms. The number of aromatic amines is 1. The van der Waals surface area contributed by atoms with Crippen LogP contribution in [0.5, 0.6) is 5.75 Å². The number of hydrogen-bond acceptors (Lipinski definition) is 7.